The van der Waals surface area contributed by atoms with Crippen LogP contribution in [0.2, 0.25) is 0 Å². The van der Waals surface area contributed by atoms with E-state index in [1.54, 1.807) is 11.8 Å². The highest BCUT2D eigenvalue weighted by atomic mass is 32.2. The third-order valence-corrected chi connectivity index (χ3v) is 2.46. The van der Waals surface area contributed by atoms with Crippen molar-refractivity contribution in [2.24, 2.45) is 0 Å². The van der Waals surface area contributed by atoms with Crippen LogP contribution in [0.4, 0.5) is 0 Å². The van der Waals surface area contributed by atoms with Crippen molar-refractivity contribution >= 4 is 11.8 Å². The molecule has 0 amide bonds. The van der Waals surface area contributed by atoms with Gasteiger partial charge in [-0.1, -0.05) is 11.8 Å². The predicted molar refractivity (Wildman–Crippen MR) is 63.7 cm³/mol. The normalized spacial score (nSPS) is 9.71. The Bertz CT molecular complexity index is 330. The van der Waals surface area contributed by atoms with Crippen LogP contribution in [-0.2, 0) is 0 Å². The van der Waals surface area contributed by atoms with Crippen LogP contribution in [0.3, 0.4) is 0 Å². The van der Waals surface area contributed by atoms with Gasteiger partial charge in [0.1, 0.15) is 0 Å². The molecule has 2 heteroatoms. The van der Waals surface area contributed by atoms with Crippen LogP contribution >= 0.6 is 11.8 Å². The van der Waals surface area contributed by atoms with Crippen molar-refractivity contribution in [3.63, 3.8) is 0 Å². The average molecular weight is 205 g/mol. The van der Waals surface area contributed by atoms with Crippen LogP contribution in [0, 0.1) is 11.8 Å². The Labute approximate surface area is 90.5 Å². The molecule has 0 fully saturated rings. The van der Waals surface area contributed by atoms with E-state index in [1.807, 2.05) is 14.1 Å². The fourth-order valence-electron chi connectivity index (χ4n) is 0.974. The second-order valence-electron chi connectivity index (χ2n) is 3.27. The van der Waals surface area contributed by atoms with Crippen LogP contribution in [0.15, 0.2) is 29.2 Å². The van der Waals surface area contributed by atoms with E-state index >= 15 is 0 Å². The summed E-state index contributed by atoms with van der Waals surface area (Å²) in [6.07, 6.45) is 2.08. The summed E-state index contributed by atoms with van der Waals surface area (Å²) in [5.74, 6) is 6.23. The maximum atomic E-state index is 3.13. The minimum absolute atomic E-state index is 0.810. The van der Waals surface area contributed by atoms with Gasteiger partial charge in [0.25, 0.3) is 0 Å². The Hall–Kier alpha value is -0.910. The van der Waals surface area contributed by atoms with Crippen molar-refractivity contribution in [1.82, 2.24) is 4.90 Å². The molecule has 0 aliphatic carbocycles. The molecule has 0 atom stereocenters. The molecule has 0 radical (unpaired) electrons. The second kappa shape index (κ2) is 5.74. The summed E-state index contributed by atoms with van der Waals surface area (Å²) in [4.78, 5) is 3.34. The van der Waals surface area contributed by atoms with Crippen molar-refractivity contribution in [3.8, 4) is 11.8 Å². The highest BCUT2D eigenvalue weighted by Gasteiger charge is 1.89. The number of nitrogens with zero attached hydrogens (tertiary/aromatic N) is 1. The summed E-state index contributed by atoms with van der Waals surface area (Å²) < 4.78 is 0. The first-order chi connectivity index (χ1) is 6.72. The fourth-order valence-corrected chi connectivity index (χ4v) is 1.38. The van der Waals surface area contributed by atoms with E-state index in [0.29, 0.717) is 0 Å². The smallest absolute Gasteiger partial charge is 0.0600 e. The molecule has 0 spiro atoms. The van der Waals surface area contributed by atoms with Gasteiger partial charge in [0, 0.05) is 10.5 Å². The largest absolute Gasteiger partial charge is 0.299 e. The Morgan fingerprint density at radius 2 is 1.86 bits per heavy atom. The van der Waals surface area contributed by atoms with Gasteiger partial charge in [-0.25, -0.2) is 0 Å². The first-order valence-corrected chi connectivity index (χ1v) is 5.72. The van der Waals surface area contributed by atoms with E-state index in [0.717, 1.165) is 12.1 Å². The first-order valence-electron chi connectivity index (χ1n) is 4.50. The van der Waals surface area contributed by atoms with Crippen molar-refractivity contribution in [2.75, 3.05) is 26.9 Å². The molecule has 0 saturated carbocycles. The maximum absolute atomic E-state index is 3.13. The second-order valence-corrected chi connectivity index (χ2v) is 4.15. The van der Waals surface area contributed by atoms with Gasteiger partial charge in [0.05, 0.1) is 6.54 Å². The Morgan fingerprint density at radius 1 is 1.21 bits per heavy atom. The average Bonchev–Trinajstić information content (AvgIpc) is 2.18. The zero-order valence-corrected chi connectivity index (χ0v) is 9.69. The molecule has 1 aromatic rings. The minimum atomic E-state index is 0.810. The standard InChI is InChI=1S/C12H15NS/c1-13(2)10-4-5-11-6-8-12(14-3)9-7-11/h6-9H,10H2,1-3H3. The Kier molecular flexibility index (Phi) is 4.58. The lowest BCUT2D eigenvalue weighted by atomic mass is 10.2. The van der Waals surface area contributed by atoms with Crippen LogP contribution in [0.5, 0.6) is 0 Å². The molecule has 1 rings (SSSR count). The highest BCUT2D eigenvalue weighted by Crippen LogP contribution is 2.14. The van der Waals surface area contributed by atoms with Crippen LogP contribution < -0.4 is 0 Å². The van der Waals surface area contributed by atoms with Crippen molar-refractivity contribution in [3.05, 3.63) is 29.8 Å². The lowest BCUT2D eigenvalue weighted by Crippen LogP contribution is -2.10. The van der Waals surface area contributed by atoms with Crippen molar-refractivity contribution < 1.29 is 0 Å². The molecule has 0 N–H and O–H groups in total. The van der Waals surface area contributed by atoms with Gasteiger partial charge < -0.3 is 0 Å². The summed E-state index contributed by atoms with van der Waals surface area (Å²) in [6, 6.07) is 8.33. The van der Waals surface area contributed by atoms with Gasteiger partial charge in [-0.3, -0.25) is 4.90 Å². The SMILES string of the molecule is CSc1ccc(C#CCN(C)C)cc1. The third-order valence-electron chi connectivity index (χ3n) is 1.72. The summed E-state index contributed by atoms with van der Waals surface area (Å²) >= 11 is 1.75. The lowest BCUT2D eigenvalue weighted by Gasteiger charge is -2.00. The molecule has 0 unspecified atom stereocenters. The Morgan fingerprint density at radius 3 is 2.36 bits per heavy atom. The fraction of sp³-hybridized carbons (Fsp3) is 0.333. The van der Waals surface area contributed by atoms with Gasteiger partial charge in [0.2, 0.25) is 0 Å². The molecule has 0 aromatic heterocycles. The van der Waals surface area contributed by atoms with E-state index in [-0.39, 0.29) is 0 Å². The number of benzene rings is 1. The van der Waals surface area contributed by atoms with Crippen molar-refractivity contribution in [1.29, 1.82) is 0 Å². The van der Waals surface area contributed by atoms with Gasteiger partial charge in [-0.15, -0.1) is 11.8 Å². The zero-order valence-electron chi connectivity index (χ0n) is 8.87. The topological polar surface area (TPSA) is 3.24 Å². The molecular weight excluding hydrogens is 190 g/mol. The molecule has 14 heavy (non-hydrogen) atoms. The van der Waals surface area contributed by atoms with Crippen LogP contribution in [0.1, 0.15) is 5.56 Å². The molecule has 1 nitrogen and oxygen atoms in total. The summed E-state index contributed by atoms with van der Waals surface area (Å²) in [5.41, 5.74) is 1.09. The van der Waals surface area contributed by atoms with Gasteiger partial charge in [-0.2, -0.15) is 0 Å². The maximum Gasteiger partial charge on any atom is 0.0600 e. The van der Waals surface area contributed by atoms with E-state index in [4.69, 9.17) is 0 Å². The molecule has 1 aromatic carbocycles. The van der Waals surface area contributed by atoms with Crippen molar-refractivity contribution in [2.45, 2.75) is 4.90 Å². The molecular formula is C12H15NS. The van der Waals surface area contributed by atoms with E-state index < -0.39 is 0 Å². The molecule has 0 saturated heterocycles. The number of hydrogen-bond donors (Lipinski definition) is 0. The lowest BCUT2D eigenvalue weighted by molar-refractivity contribution is 0.464. The van der Waals surface area contributed by atoms with E-state index in [9.17, 15) is 0 Å². The molecule has 0 bridgehead atoms. The van der Waals surface area contributed by atoms with E-state index in [2.05, 4.69) is 47.3 Å². The minimum Gasteiger partial charge on any atom is -0.299 e. The van der Waals surface area contributed by atoms with Gasteiger partial charge in [0.15, 0.2) is 0 Å². The third kappa shape index (κ3) is 3.87. The predicted octanol–water partition coefficient (Wildman–Crippen LogP) is 2.32. The molecule has 0 aliphatic heterocycles. The monoisotopic (exact) mass is 205 g/mol. The van der Waals surface area contributed by atoms with Crippen LogP contribution in [0.25, 0.3) is 0 Å². The Balaban J connectivity index is 2.62. The van der Waals surface area contributed by atoms with Crippen LogP contribution in [-0.4, -0.2) is 31.8 Å². The molecule has 0 heterocycles. The number of hydrogen-bond acceptors (Lipinski definition) is 2. The number of thioether (sulfide) groups is 1. The quantitative estimate of drug-likeness (QED) is 0.538. The molecule has 0 aliphatic rings. The van der Waals surface area contributed by atoms with Gasteiger partial charge >= 0.3 is 0 Å². The summed E-state index contributed by atoms with van der Waals surface area (Å²) in [6.45, 7) is 0.810. The molecule has 74 valence electrons. The van der Waals surface area contributed by atoms with Gasteiger partial charge in [-0.05, 0) is 44.6 Å². The van der Waals surface area contributed by atoms with E-state index in [1.165, 1.54) is 4.90 Å². The highest BCUT2D eigenvalue weighted by molar-refractivity contribution is 7.98. The number of rotatable bonds is 2. The summed E-state index contributed by atoms with van der Waals surface area (Å²) in [5, 5.41) is 0. The first kappa shape index (κ1) is 11.2. The zero-order chi connectivity index (χ0) is 10.4. The summed E-state index contributed by atoms with van der Waals surface area (Å²) in [7, 11) is 4.04.